The van der Waals surface area contributed by atoms with Crippen molar-refractivity contribution in [1.82, 2.24) is 9.80 Å². The number of carbonyl (C=O) groups is 3. The van der Waals surface area contributed by atoms with Gasteiger partial charge in [-0.2, -0.15) is 0 Å². The summed E-state index contributed by atoms with van der Waals surface area (Å²) in [7, 11) is 3.25. The number of benzene rings is 2. The second-order valence-electron chi connectivity index (χ2n) is 8.95. The third kappa shape index (κ3) is 6.36. The van der Waals surface area contributed by atoms with E-state index >= 15 is 0 Å². The van der Waals surface area contributed by atoms with Crippen molar-refractivity contribution in [3.05, 3.63) is 59.4 Å². The lowest BCUT2D eigenvalue weighted by Crippen LogP contribution is -2.48. The van der Waals surface area contributed by atoms with E-state index in [4.69, 9.17) is 9.47 Å². The first-order valence-electron chi connectivity index (χ1n) is 11.5. The number of nitrogens with zero attached hydrogens (tertiary/aromatic N) is 2. The number of hydrogen-bond donors (Lipinski definition) is 1. The van der Waals surface area contributed by atoms with Gasteiger partial charge in [0, 0.05) is 51.3 Å². The van der Waals surface area contributed by atoms with Crippen molar-refractivity contribution in [2.45, 2.75) is 32.9 Å². The van der Waals surface area contributed by atoms with Gasteiger partial charge >= 0.3 is 0 Å². The molecule has 188 valence electrons. The Morgan fingerprint density at radius 3 is 2.43 bits per heavy atom. The van der Waals surface area contributed by atoms with E-state index < -0.39 is 5.82 Å². The number of carbonyl (C=O) groups excluding carboxylic acids is 3. The molecule has 1 N–H and O–H groups in total. The summed E-state index contributed by atoms with van der Waals surface area (Å²) in [5.41, 5.74) is 1.15. The van der Waals surface area contributed by atoms with Crippen LogP contribution in [0.15, 0.2) is 42.5 Å². The number of anilines is 1. The van der Waals surface area contributed by atoms with Crippen molar-refractivity contribution in [3.8, 4) is 5.75 Å². The van der Waals surface area contributed by atoms with Crippen molar-refractivity contribution in [3.63, 3.8) is 0 Å². The van der Waals surface area contributed by atoms with Crippen LogP contribution in [0.2, 0.25) is 0 Å². The summed E-state index contributed by atoms with van der Waals surface area (Å²) in [6.07, 6.45) is -0.345. The molecule has 0 unspecified atom stereocenters. The Kier molecular flexibility index (Phi) is 8.45. The Morgan fingerprint density at radius 2 is 1.80 bits per heavy atom. The molecule has 1 aliphatic heterocycles. The smallest absolute Gasteiger partial charge is 0.257 e. The average Bonchev–Trinajstić information content (AvgIpc) is 2.83. The maximum atomic E-state index is 13.4. The number of ether oxygens (including phenoxy) is 2. The van der Waals surface area contributed by atoms with Crippen LogP contribution in [0.4, 0.5) is 10.1 Å². The predicted octanol–water partition coefficient (Wildman–Crippen LogP) is 3.43. The minimum Gasteiger partial charge on any atom is -0.491 e. The standard InChI is InChI=1S/C26H32FN3O5/c1-16-13-30(25(32)19-6-8-20(27)9-7-19)17(2)15-35-23-11-10-21(28-18(3)31)12-22(23)26(33)29(4)14-24(16)34-5/h6-12,16-17,24H,13-15H2,1-5H3,(H,28,31)/t16-,17-,24-/m0/s1. The van der Waals surface area contributed by atoms with Crippen LogP contribution in [0.3, 0.4) is 0 Å². The predicted molar refractivity (Wildman–Crippen MR) is 130 cm³/mol. The highest BCUT2D eigenvalue weighted by Crippen LogP contribution is 2.27. The van der Waals surface area contributed by atoms with Gasteiger partial charge in [-0.1, -0.05) is 6.92 Å². The molecule has 0 aliphatic carbocycles. The highest BCUT2D eigenvalue weighted by molar-refractivity contribution is 5.99. The SMILES string of the molecule is CO[C@H]1CN(C)C(=O)c2cc(NC(C)=O)ccc2OC[C@H](C)N(C(=O)c2ccc(F)cc2)C[C@@H]1C. The number of rotatable bonds is 3. The summed E-state index contributed by atoms with van der Waals surface area (Å²) >= 11 is 0. The zero-order valence-corrected chi connectivity index (χ0v) is 20.7. The number of nitrogens with one attached hydrogen (secondary N) is 1. The van der Waals surface area contributed by atoms with Crippen LogP contribution in [0.25, 0.3) is 0 Å². The maximum Gasteiger partial charge on any atom is 0.257 e. The maximum absolute atomic E-state index is 13.4. The van der Waals surface area contributed by atoms with E-state index in [1.54, 1.807) is 42.2 Å². The fourth-order valence-corrected chi connectivity index (χ4v) is 4.10. The molecule has 2 aromatic rings. The molecule has 8 nitrogen and oxygen atoms in total. The van der Waals surface area contributed by atoms with Crippen LogP contribution in [-0.4, -0.2) is 73.5 Å². The first-order valence-corrected chi connectivity index (χ1v) is 11.5. The molecule has 1 aliphatic rings. The molecule has 1 heterocycles. The summed E-state index contributed by atoms with van der Waals surface area (Å²) in [6, 6.07) is 9.96. The normalized spacial score (nSPS) is 21.3. The number of halogens is 1. The van der Waals surface area contributed by atoms with E-state index in [-0.39, 0.29) is 48.9 Å². The minimum absolute atomic E-state index is 0.119. The molecule has 3 amide bonds. The van der Waals surface area contributed by atoms with Gasteiger partial charge in [0.25, 0.3) is 11.8 Å². The number of likely N-dealkylation sites (N-methyl/N-ethyl adjacent to an activating group) is 1. The molecule has 3 rings (SSSR count). The molecule has 35 heavy (non-hydrogen) atoms. The number of amides is 3. The Bertz CT molecular complexity index is 1080. The number of hydrogen-bond acceptors (Lipinski definition) is 5. The van der Waals surface area contributed by atoms with Gasteiger partial charge in [-0.05, 0) is 49.4 Å². The fraction of sp³-hybridized carbons (Fsp3) is 0.423. The van der Waals surface area contributed by atoms with Crippen LogP contribution in [-0.2, 0) is 9.53 Å². The quantitative estimate of drug-likeness (QED) is 0.720. The van der Waals surface area contributed by atoms with Gasteiger partial charge in [0.05, 0.1) is 17.7 Å². The summed E-state index contributed by atoms with van der Waals surface area (Å²) < 4.78 is 25.2. The van der Waals surface area contributed by atoms with Gasteiger partial charge in [-0.3, -0.25) is 14.4 Å². The fourth-order valence-electron chi connectivity index (χ4n) is 4.10. The molecule has 0 fully saturated rings. The Hall–Kier alpha value is -3.46. The summed E-state index contributed by atoms with van der Waals surface area (Å²) in [6.45, 7) is 5.98. The Labute approximate surface area is 205 Å². The highest BCUT2D eigenvalue weighted by atomic mass is 19.1. The molecule has 2 aromatic carbocycles. The average molecular weight is 486 g/mol. The second kappa shape index (κ2) is 11.3. The molecule has 0 saturated carbocycles. The first kappa shape index (κ1) is 26.2. The molecule has 0 spiro atoms. The summed E-state index contributed by atoms with van der Waals surface area (Å²) in [5, 5.41) is 2.69. The lowest BCUT2D eigenvalue weighted by atomic mass is 10.0. The van der Waals surface area contributed by atoms with E-state index in [0.29, 0.717) is 29.1 Å². The molecule has 3 atom stereocenters. The van der Waals surface area contributed by atoms with Gasteiger partial charge in [0.2, 0.25) is 5.91 Å². The molecule has 9 heteroatoms. The van der Waals surface area contributed by atoms with Crippen LogP contribution in [0.1, 0.15) is 41.5 Å². The second-order valence-corrected chi connectivity index (χ2v) is 8.95. The van der Waals surface area contributed by atoms with Crippen LogP contribution in [0, 0.1) is 11.7 Å². The van der Waals surface area contributed by atoms with Gasteiger partial charge in [-0.25, -0.2) is 4.39 Å². The zero-order chi connectivity index (χ0) is 25.7. The van der Waals surface area contributed by atoms with Gasteiger partial charge < -0.3 is 24.6 Å². The Morgan fingerprint density at radius 1 is 1.11 bits per heavy atom. The van der Waals surface area contributed by atoms with Crippen LogP contribution >= 0.6 is 0 Å². The van der Waals surface area contributed by atoms with E-state index in [0.717, 1.165) is 0 Å². The number of methoxy groups -OCH3 is 1. The van der Waals surface area contributed by atoms with Crippen LogP contribution < -0.4 is 10.1 Å². The largest absolute Gasteiger partial charge is 0.491 e. The topological polar surface area (TPSA) is 88.2 Å². The van der Waals surface area contributed by atoms with Crippen molar-refractivity contribution in [1.29, 1.82) is 0 Å². The lowest BCUT2D eigenvalue weighted by Gasteiger charge is -2.36. The van der Waals surface area contributed by atoms with Crippen molar-refractivity contribution < 1.29 is 28.2 Å². The van der Waals surface area contributed by atoms with Crippen molar-refractivity contribution >= 4 is 23.4 Å². The van der Waals surface area contributed by atoms with Gasteiger partial charge in [0.15, 0.2) is 0 Å². The zero-order valence-electron chi connectivity index (χ0n) is 20.7. The molecule has 0 radical (unpaired) electrons. The van der Waals surface area contributed by atoms with E-state index in [2.05, 4.69) is 5.32 Å². The highest BCUT2D eigenvalue weighted by Gasteiger charge is 2.31. The summed E-state index contributed by atoms with van der Waals surface area (Å²) in [5.74, 6) is -0.954. The van der Waals surface area contributed by atoms with Gasteiger partial charge in [-0.15, -0.1) is 0 Å². The van der Waals surface area contributed by atoms with E-state index in [9.17, 15) is 18.8 Å². The van der Waals surface area contributed by atoms with Crippen molar-refractivity contribution in [2.75, 3.05) is 39.2 Å². The van der Waals surface area contributed by atoms with Crippen molar-refractivity contribution in [2.24, 2.45) is 5.92 Å². The number of fused-ring (bicyclic) bond motifs is 1. The molecular formula is C26H32FN3O5. The van der Waals surface area contributed by atoms with E-state index in [1.165, 1.54) is 31.2 Å². The summed E-state index contributed by atoms with van der Waals surface area (Å²) in [4.78, 5) is 41.5. The third-order valence-electron chi connectivity index (χ3n) is 6.12. The first-order chi connectivity index (χ1) is 16.6. The minimum atomic E-state index is -0.414. The third-order valence-corrected chi connectivity index (χ3v) is 6.12. The van der Waals surface area contributed by atoms with E-state index in [1.807, 2.05) is 13.8 Å². The molecular weight excluding hydrogens is 453 g/mol. The molecule has 0 bridgehead atoms. The van der Waals surface area contributed by atoms with Gasteiger partial charge in [0.1, 0.15) is 18.2 Å². The monoisotopic (exact) mass is 485 g/mol. The lowest BCUT2D eigenvalue weighted by molar-refractivity contribution is -0.114. The van der Waals surface area contributed by atoms with Crippen LogP contribution in [0.5, 0.6) is 5.75 Å². The Balaban J connectivity index is 1.99. The molecule has 0 aromatic heterocycles. The molecule has 0 saturated heterocycles.